The molecular formula is C26H27N5O5. The number of aliphatic carboxylic acids is 1. The molecule has 2 aromatic heterocycles. The van der Waals surface area contributed by atoms with Crippen LogP contribution in [0.3, 0.4) is 0 Å². The average molecular weight is 490 g/mol. The van der Waals surface area contributed by atoms with Gasteiger partial charge >= 0.3 is 5.97 Å². The molecule has 10 heteroatoms. The minimum absolute atomic E-state index is 0.146. The number of aliphatic hydroxyl groups excluding tert-OH is 1. The predicted octanol–water partition coefficient (Wildman–Crippen LogP) is 1.73. The minimum atomic E-state index is -1.05. The summed E-state index contributed by atoms with van der Waals surface area (Å²) in [4.78, 5) is 43.5. The summed E-state index contributed by atoms with van der Waals surface area (Å²) in [6.07, 6.45) is 3.83. The van der Waals surface area contributed by atoms with Gasteiger partial charge in [0.1, 0.15) is 18.5 Å². The van der Waals surface area contributed by atoms with Gasteiger partial charge in [-0.2, -0.15) is 0 Å². The third kappa shape index (κ3) is 4.86. The highest BCUT2D eigenvalue weighted by Crippen LogP contribution is 2.33. The molecule has 3 atom stereocenters. The van der Waals surface area contributed by atoms with Gasteiger partial charge in [-0.15, -0.1) is 0 Å². The second-order valence-corrected chi connectivity index (χ2v) is 9.34. The number of carbonyl (C=O) groups is 2. The number of fused-ring (bicyclic) bond motifs is 2. The number of aromatic amines is 1. The summed E-state index contributed by atoms with van der Waals surface area (Å²) in [7, 11) is 0. The zero-order valence-corrected chi connectivity index (χ0v) is 19.5. The monoisotopic (exact) mass is 489 g/mol. The predicted molar refractivity (Wildman–Crippen MR) is 134 cm³/mol. The van der Waals surface area contributed by atoms with Crippen molar-refractivity contribution in [2.75, 3.05) is 0 Å². The van der Waals surface area contributed by atoms with Crippen molar-refractivity contribution in [1.29, 1.82) is 0 Å². The second-order valence-electron chi connectivity index (χ2n) is 9.34. The van der Waals surface area contributed by atoms with Gasteiger partial charge in [-0.05, 0) is 67.1 Å². The number of hydrogen-bond acceptors (Lipinski definition) is 6. The maximum absolute atomic E-state index is 12.8. The SMILES string of the molecule is NC1C[C@H]1CC[C@H](NC(=O)c1ccc2c(ccn2Cc2ccc3nc(CO)[nH]c(=O)c3c2)c1)C(=O)O. The van der Waals surface area contributed by atoms with Gasteiger partial charge in [-0.25, -0.2) is 9.78 Å². The van der Waals surface area contributed by atoms with Crippen molar-refractivity contribution in [2.45, 2.75) is 44.5 Å². The Bertz CT molecular complexity index is 1520. The number of hydrogen-bond donors (Lipinski definition) is 5. The van der Waals surface area contributed by atoms with E-state index in [0.717, 1.165) is 22.9 Å². The Balaban J connectivity index is 1.32. The van der Waals surface area contributed by atoms with E-state index in [0.29, 0.717) is 41.8 Å². The summed E-state index contributed by atoms with van der Waals surface area (Å²) >= 11 is 0. The third-order valence-electron chi connectivity index (χ3n) is 6.76. The number of rotatable bonds is 9. The molecule has 0 saturated heterocycles. The number of carbonyl (C=O) groups excluding carboxylic acids is 1. The molecule has 2 aromatic carbocycles. The summed E-state index contributed by atoms with van der Waals surface area (Å²) in [6.45, 7) is 0.158. The van der Waals surface area contributed by atoms with Gasteiger partial charge in [0.25, 0.3) is 11.5 Å². The highest BCUT2D eigenvalue weighted by Gasteiger charge is 2.34. The van der Waals surface area contributed by atoms with E-state index >= 15 is 0 Å². The molecule has 0 bridgehead atoms. The number of aliphatic hydroxyl groups is 1. The smallest absolute Gasteiger partial charge is 0.326 e. The van der Waals surface area contributed by atoms with Crippen LogP contribution in [0.2, 0.25) is 0 Å². The Morgan fingerprint density at radius 2 is 2.03 bits per heavy atom. The van der Waals surface area contributed by atoms with Gasteiger partial charge in [-0.3, -0.25) is 9.59 Å². The van der Waals surface area contributed by atoms with E-state index in [1.807, 2.05) is 29.0 Å². The maximum Gasteiger partial charge on any atom is 0.326 e. The molecular weight excluding hydrogens is 462 g/mol. The van der Waals surface area contributed by atoms with Crippen molar-refractivity contribution in [3.8, 4) is 0 Å². The summed E-state index contributed by atoms with van der Waals surface area (Å²) in [6, 6.07) is 11.7. The van der Waals surface area contributed by atoms with Crippen LogP contribution in [0.5, 0.6) is 0 Å². The first-order valence-corrected chi connectivity index (χ1v) is 11.8. The number of nitrogens with one attached hydrogen (secondary N) is 2. The largest absolute Gasteiger partial charge is 0.480 e. The lowest BCUT2D eigenvalue weighted by Crippen LogP contribution is -2.40. The molecule has 36 heavy (non-hydrogen) atoms. The van der Waals surface area contributed by atoms with Crippen LogP contribution in [-0.4, -0.2) is 48.7 Å². The summed E-state index contributed by atoms with van der Waals surface area (Å²) in [5, 5.41) is 22.7. The summed E-state index contributed by atoms with van der Waals surface area (Å²) < 4.78 is 2.00. The molecule has 1 saturated carbocycles. The maximum atomic E-state index is 12.8. The molecule has 0 aliphatic heterocycles. The highest BCUT2D eigenvalue weighted by molar-refractivity contribution is 5.99. The van der Waals surface area contributed by atoms with Gasteiger partial charge in [0.2, 0.25) is 0 Å². The van der Waals surface area contributed by atoms with Gasteiger partial charge in [0.15, 0.2) is 0 Å². The molecule has 1 amide bonds. The molecule has 186 valence electrons. The van der Waals surface area contributed by atoms with E-state index in [1.54, 1.807) is 24.3 Å². The molecule has 0 spiro atoms. The molecule has 1 aliphatic carbocycles. The molecule has 2 heterocycles. The van der Waals surface area contributed by atoms with Crippen LogP contribution in [0, 0.1) is 5.92 Å². The van der Waals surface area contributed by atoms with Gasteiger partial charge in [0.05, 0.1) is 10.9 Å². The fraction of sp³-hybridized carbons (Fsp3) is 0.308. The van der Waals surface area contributed by atoms with E-state index in [4.69, 9.17) is 5.73 Å². The zero-order valence-electron chi connectivity index (χ0n) is 19.5. The van der Waals surface area contributed by atoms with Crippen molar-refractivity contribution < 1.29 is 19.8 Å². The van der Waals surface area contributed by atoms with Crippen LogP contribution in [-0.2, 0) is 17.9 Å². The first kappa shape index (κ1) is 23.7. The lowest BCUT2D eigenvalue weighted by molar-refractivity contribution is -0.139. The van der Waals surface area contributed by atoms with Crippen molar-refractivity contribution >= 4 is 33.7 Å². The van der Waals surface area contributed by atoms with Crippen molar-refractivity contribution in [3.63, 3.8) is 0 Å². The quantitative estimate of drug-likeness (QED) is 0.239. The zero-order chi connectivity index (χ0) is 25.4. The number of carboxylic acid groups (broad SMARTS) is 1. The molecule has 10 nitrogen and oxygen atoms in total. The standard InChI is InChI=1S/C26H27N5O5/c27-19-11-15(19)2-5-21(26(35)36)29-24(33)17-3-6-22-16(10-17)7-8-31(22)12-14-1-4-20-18(9-14)25(34)30-23(13-32)28-20/h1,3-4,6-10,15,19,21,32H,2,5,11-13,27H2,(H,29,33)(H,35,36)(H,28,30,34)/t15-,19?,21+/m1/s1. The van der Waals surface area contributed by atoms with Crippen LogP contribution in [0.25, 0.3) is 21.8 Å². The molecule has 4 aromatic rings. The second kappa shape index (κ2) is 9.56. The number of benzene rings is 2. The number of amides is 1. The number of nitrogens with two attached hydrogens (primary N) is 1. The van der Waals surface area contributed by atoms with E-state index in [9.17, 15) is 24.6 Å². The molecule has 1 unspecified atom stereocenters. The number of nitrogens with zero attached hydrogens (tertiary/aromatic N) is 2. The van der Waals surface area contributed by atoms with E-state index in [-0.39, 0.29) is 24.0 Å². The Morgan fingerprint density at radius 3 is 2.75 bits per heavy atom. The number of aromatic nitrogens is 3. The number of H-pyrrole nitrogens is 1. The van der Waals surface area contributed by atoms with Gasteiger partial charge in [-0.1, -0.05) is 6.07 Å². The summed E-state index contributed by atoms with van der Waals surface area (Å²) in [5.74, 6) is -0.921. The fourth-order valence-corrected chi connectivity index (χ4v) is 4.57. The van der Waals surface area contributed by atoms with E-state index in [1.165, 1.54) is 0 Å². The van der Waals surface area contributed by atoms with Crippen LogP contribution in [0.4, 0.5) is 0 Å². The van der Waals surface area contributed by atoms with Crippen molar-refractivity contribution in [1.82, 2.24) is 19.9 Å². The van der Waals surface area contributed by atoms with Crippen molar-refractivity contribution in [3.05, 3.63) is 76.0 Å². The van der Waals surface area contributed by atoms with Crippen LogP contribution in [0.15, 0.2) is 53.5 Å². The Labute approximate surface area is 205 Å². The van der Waals surface area contributed by atoms with Crippen LogP contribution < -0.4 is 16.6 Å². The molecule has 1 fully saturated rings. The lowest BCUT2D eigenvalue weighted by Gasteiger charge is -2.14. The summed E-state index contributed by atoms with van der Waals surface area (Å²) in [5.41, 5.74) is 8.19. The Hall–Kier alpha value is -4.02. The number of carboxylic acids is 1. The van der Waals surface area contributed by atoms with Crippen molar-refractivity contribution in [2.24, 2.45) is 11.7 Å². The lowest BCUT2D eigenvalue weighted by atomic mass is 10.1. The third-order valence-corrected chi connectivity index (χ3v) is 6.76. The first-order valence-electron chi connectivity index (χ1n) is 11.8. The first-order chi connectivity index (χ1) is 17.3. The van der Waals surface area contributed by atoms with Crippen LogP contribution >= 0.6 is 0 Å². The molecule has 1 aliphatic rings. The molecule has 6 N–H and O–H groups in total. The van der Waals surface area contributed by atoms with Gasteiger partial charge < -0.3 is 30.8 Å². The Kier molecular flexibility index (Phi) is 6.29. The molecule has 5 rings (SSSR count). The normalized spacial score (nSPS) is 17.8. The highest BCUT2D eigenvalue weighted by atomic mass is 16.4. The molecule has 0 radical (unpaired) electrons. The fourth-order valence-electron chi connectivity index (χ4n) is 4.57. The van der Waals surface area contributed by atoms with E-state index in [2.05, 4.69) is 15.3 Å². The topological polar surface area (TPSA) is 163 Å². The average Bonchev–Trinajstić information content (AvgIpc) is 3.43. The van der Waals surface area contributed by atoms with Gasteiger partial charge in [0, 0.05) is 35.2 Å². The Morgan fingerprint density at radius 1 is 1.22 bits per heavy atom. The van der Waals surface area contributed by atoms with E-state index < -0.39 is 17.9 Å². The minimum Gasteiger partial charge on any atom is -0.480 e. The van der Waals surface area contributed by atoms with Crippen LogP contribution in [0.1, 0.15) is 41.0 Å².